The lowest BCUT2D eigenvalue weighted by Crippen LogP contribution is -2.55. The maximum atomic E-state index is 14.4. The number of rotatable bonds is 13. The number of β-lactam (4-membered cyclic amide) rings is 1. The Bertz CT molecular complexity index is 2080. The molecule has 2 fully saturated rings. The number of hydrogen-bond acceptors (Lipinski definition) is 8. The van der Waals surface area contributed by atoms with E-state index in [1.165, 1.54) is 12.1 Å². The first kappa shape index (κ1) is 45.8. The molecule has 9 nitrogen and oxygen atoms in total. The number of benzene rings is 4. The van der Waals surface area contributed by atoms with Crippen LogP contribution in [0.3, 0.4) is 0 Å². The third-order valence-electron chi connectivity index (χ3n) is 13.4. The second kappa shape index (κ2) is 17.6. The molecule has 1 amide bonds. The number of ether oxygens (including phenoxy) is 1. The monoisotopic (exact) mass is 857 g/mol. The van der Waals surface area contributed by atoms with Crippen molar-refractivity contribution in [1.82, 2.24) is 0 Å². The summed E-state index contributed by atoms with van der Waals surface area (Å²) in [7, 11) is -4.69. The van der Waals surface area contributed by atoms with Crippen LogP contribution in [0.2, 0.25) is 36.3 Å². The van der Waals surface area contributed by atoms with Crippen molar-refractivity contribution in [2.45, 2.75) is 133 Å². The van der Waals surface area contributed by atoms with E-state index in [0.717, 1.165) is 27.9 Å². The van der Waals surface area contributed by atoms with Gasteiger partial charge in [-0.15, -0.1) is 0 Å². The maximum Gasteiger partial charge on any atom is 0.250 e. The van der Waals surface area contributed by atoms with Crippen molar-refractivity contribution >= 4 is 28.2 Å². The van der Waals surface area contributed by atoms with E-state index in [1.807, 2.05) is 65.6 Å². The highest BCUT2D eigenvalue weighted by atomic mass is 28.4. The first-order valence-electron chi connectivity index (χ1n) is 21.1. The third kappa shape index (κ3) is 9.36. The molecule has 2 saturated heterocycles. The van der Waals surface area contributed by atoms with Gasteiger partial charge in [0.15, 0.2) is 8.32 Å². The fourth-order valence-electron chi connectivity index (χ4n) is 7.61. The molecule has 4 aromatic rings. The van der Waals surface area contributed by atoms with Crippen LogP contribution in [0.25, 0.3) is 11.1 Å². The molecular weight excluding hydrogens is 794 g/mol. The predicted octanol–water partition coefficient (Wildman–Crippen LogP) is 9.64. The number of hydrogen-bond donors (Lipinski definition) is 4. The summed E-state index contributed by atoms with van der Waals surface area (Å²) in [5.74, 6) is 0.0669. The van der Waals surface area contributed by atoms with E-state index in [9.17, 15) is 29.6 Å². The number of aliphatic hydroxyl groups excluding tert-OH is 4. The molecule has 4 N–H and O–H groups in total. The van der Waals surface area contributed by atoms with Gasteiger partial charge in [-0.1, -0.05) is 108 Å². The minimum Gasteiger partial charge on any atom is -0.543 e. The molecule has 0 bridgehead atoms. The molecule has 6 rings (SSSR count). The highest BCUT2D eigenvalue weighted by Gasteiger charge is 2.51. The molecule has 0 aliphatic carbocycles. The van der Waals surface area contributed by atoms with Gasteiger partial charge in [-0.05, 0) is 102 Å². The van der Waals surface area contributed by atoms with Crippen molar-refractivity contribution in [2.75, 3.05) is 11.5 Å². The second-order valence-corrected chi connectivity index (χ2v) is 29.1. The average Bonchev–Trinajstić information content (AvgIpc) is 3.18. The number of amides is 1. The Hall–Kier alpha value is -3.73. The van der Waals surface area contributed by atoms with Crippen LogP contribution in [0.15, 0.2) is 97.1 Å². The molecule has 60 heavy (non-hydrogen) atoms. The minimum absolute atomic E-state index is 0.0301. The highest BCUT2D eigenvalue weighted by molar-refractivity contribution is 6.75. The van der Waals surface area contributed by atoms with E-state index in [4.69, 9.17) is 13.6 Å². The standard InChI is InChI=1S/C48H64FNO8Si2/c1-47(2,3)59(7,8)57-38(31-20-23-34(49)24-21-31)27-26-37-41(50(46(37)55)35-14-12-11-13-15-35)36-25-22-33(28-39(36)58-60(9,10)48(4,5)6)30-16-18-32(19-17-30)45-44(54)43(53)42(52)40(29-51)56-45/h11-25,28,37-38,40-45,51-54H,26-27,29H2,1-10H3/t37-,38+,40-,41-,42-,43+,44-,45+/m1/s1. The zero-order valence-corrected chi connectivity index (χ0v) is 38.7. The van der Waals surface area contributed by atoms with E-state index >= 15 is 0 Å². The molecule has 2 aliphatic rings. The molecule has 0 aromatic heterocycles. The number of carbonyl (C=O) groups excluding carboxylic acids is 1. The van der Waals surface area contributed by atoms with Crippen LogP contribution in [0.5, 0.6) is 5.75 Å². The van der Waals surface area contributed by atoms with Gasteiger partial charge in [0.2, 0.25) is 14.2 Å². The van der Waals surface area contributed by atoms with Crippen molar-refractivity contribution in [3.8, 4) is 16.9 Å². The van der Waals surface area contributed by atoms with Gasteiger partial charge in [-0.3, -0.25) is 4.79 Å². The second-order valence-electron chi connectivity index (χ2n) is 19.6. The molecule has 12 heteroatoms. The summed E-state index contributed by atoms with van der Waals surface area (Å²) in [6.07, 6.45) is -5.44. The Morgan fingerprint density at radius 2 is 1.37 bits per heavy atom. The van der Waals surface area contributed by atoms with E-state index in [-0.39, 0.29) is 39.9 Å². The summed E-state index contributed by atoms with van der Waals surface area (Å²) in [6.45, 7) is 21.5. The fraction of sp³-hybridized carbons (Fsp3) is 0.479. The van der Waals surface area contributed by atoms with Gasteiger partial charge in [-0.2, -0.15) is 0 Å². The molecule has 0 saturated carbocycles. The fourth-order valence-corrected chi connectivity index (χ4v) is 9.97. The van der Waals surface area contributed by atoms with Gasteiger partial charge in [0.25, 0.3) is 0 Å². The summed E-state index contributed by atoms with van der Waals surface area (Å²) in [5, 5.41) is 41.0. The molecule has 2 heterocycles. The summed E-state index contributed by atoms with van der Waals surface area (Å²) in [5.41, 5.74) is 4.98. The lowest BCUT2D eigenvalue weighted by molar-refractivity contribution is -0.231. The Labute approximate surface area is 357 Å². The molecule has 0 unspecified atom stereocenters. The lowest BCUT2D eigenvalue weighted by Gasteiger charge is -2.49. The quantitative estimate of drug-likeness (QED) is 0.0774. The van der Waals surface area contributed by atoms with Crippen molar-refractivity contribution in [2.24, 2.45) is 5.92 Å². The lowest BCUT2D eigenvalue weighted by atomic mass is 9.77. The van der Waals surface area contributed by atoms with Gasteiger partial charge in [0.05, 0.1) is 24.7 Å². The molecule has 8 atom stereocenters. The first-order chi connectivity index (χ1) is 28.0. The van der Waals surface area contributed by atoms with Gasteiger partial charge < -0.3 is 38.9 Å². The summed E-state index contributed by atoms with van der Waals surface area (Å²) in [6, 6.07) is 29.6. The van der Waals surface area contributed by atoms with Crippen LogP contribution in [-0.2, 0) is 14.0 Å². The van der Waals surface area contributed by atoms with E-state index in [0.29, 0.717) is 24.2 Å². The van der Waals surface area contributed by atoms with Crippen LogP contribution in [0.1, 0.15) is 89.3 Å². The zero-order chi connectivity index (χ0) is 43.9. The summed E-state index contributed by atoms with van der Waals surface area (Å²) >= 11 is 0. The van der Waals surface area contributed by atoms with E-state index < -0.39 is 53.8 Å². The van der Waals surface area contributed by atoms with E-state index in [2.05, 4.69) is 79.9 Å². The average molecular weight is 858 g/mol. The predicted molar refractivity (Wildman–Crippen MR) is 239 cm³/mol. The van der Waals surface area contributed by atoms with Crippen LogP contribution in [-0.4, -0.2) is 74.0 Å². The SMILES string of the molecule is CC(C)(C)[Si](C)(C)Oc1cc(-c2ccc([C@@H]3O[C@H](CO)[C@@H](O)[C@H](O)[C@H]3O)cc2)ccc1[C@@H]1[C@@H](CC[C@H](O[Si](C)(C)C(C)(C)C)c2ccc(F)cc2)C(=O)N1c1ccccc1. The van der Waals surface area contributed by atoms with Gasteiger partial charge in [-0.25, -0.2) is 4.39 Å². The zero-order valence-electron chi connectivity index (χ0n) is 36.7. The molecule has 4 aromatic carbocycles. The summed E-state index contributed by atoms with van der Waals surface area (Å²) < 4.78 is 34.2. The van der Waals surface area contributed by atoms with Crippen LogP contribution in [0, 0.1) is 11.7 Å². The van der Waals surface area contributed by atoms with Gasteiger partial charge in [0.1, 0.15) is 42.1 Å². The maximum absolute atomic E-state index is 14.4. The number of carbonyl (C=O) groups is 1. The number of nitrogens with zero attached hydrogens (tertiary/aromatic N) is 1. The molecule has 2 aliphatic heterocycles. The first-order valence-corrected chi connectivity index (χ1v) is 26.9. The number of halogens is 1. The van der Waals surface area contributed by atoms with Gasteiger partial charge >= 0.3 is 0 Å². The number of aliphatic hydroxyl groups is 4. The van der Waals surface area contributed by atoms with Crippen molar-refractivity contribution in [1.29, 1.82) is 0 Å². The van der Waals surface area contributed by atoms with Gasteiger partial charge in [0, 0.05) is 11.3 Å². The van der Waals surface area contributed by atoms with E-state index in [1.54, 1.807) is 12.1 Å². The Morgan fingerprint density at radius 3 is 1.95 bits per heavy atom. The Kier molecular flexibility index (Phi) is 13.4. The van der Waals surface area contributed by atoms with Crippen molar-refractivity contribution in [3.63, 3.8) is 0 Å². The molecular formula is C48H64FNO8Si2. The minimum atomic E-state index is -2.43. The van der Waals surface area contributed by atoms with Crippen molar-refractivity contribution in [3.05, 3.63) is 120 Å². The normalized spacial score (nSPS) is 24.6. The van der Waals surface area contributed by atoms with Crippen molar-refractivity contribution < 1.29 is 43.2 Å². The molecule has 0 spiro atoms. The Balaban J connectivity index is 1.38. The third-order valence-corrected chi connectivity index (χ3v) is 22.3. The van der Waals surface area contributed by atoms with Crippen LogP contribution < -0.4 is 9.33 Å². The smallest absolute Gasteiger partial charge is 0.250 e. The van der Waals surface area contributed by atoms with Crippen LogP contribution in [0.4, 0.5) is 10.1 Å². The molecule has 324 valence electrons. The number of para-hydroxylation sites is 1. The van der Waals surface area contributed by atoms with Crippen LogP contribution >= 0.6 is 0 Å². The summed E-state index contributed by atoms with van der Waals surface area (Å²) in [4.78, 5) is 16.3. The Morgan fingerprint density at radius 1 is 0.767 bits per heavy atom. The highest BCUT2D eigenvalue weighted by Crippen LogP contribution is 2.51. The largest absolute Gasteiger partial charge is 0.543 e. The number of anilines is 1. The topological polar surface area (TPSA) is 129 Å². The molecule has 0 radical (unpaired) electrons.